The molecular weight excluding hydrogens is 429 g/mol. The van der Waals surface area contributed by atoms with Crippen LogP contribution in [0.3, 0.4) is 0 Å². The van der Waals surface area contributed by atoms with Gasteiger partial charge in [0.25, 0.3) is 0 Å². The van der Waals surface area contributed by atoms with Crippen molar-refractivity contribution in [3.63, 3.8) is 0 Å². The number of pyridine rings is 1. The maximum absolute atomic E-state index is 5.37. The van der Waals surface area contributed by atoms with Crippen LogP contribution in [-0.4, -0.2) is 62.3 Å². The number of nitrogens with zero attached hydrogens (tertiary/aromatic N) is 3. The second-order valence-corrected chi connectivity index (χ2v) is 5.80. The van der Waals surface area contributed by atoms with Crippen molar-refractivity contribution in [1.29, 1.82) is 0 Å². The fraction of sp³-hybridized carbons (Fsp3) is 0.444. The van der Waals surface area contributed by atoms with Crippen LogP contribution in [0.15, 0.2) is 41.5 Å². The first-order valence-corrected chi connectivity index (χ1v) is 8.44. The number of hydrogen-bond donors (Lipinski definition) is 2. The van der Waals surface area contributed by atoms with Gasteiger partial charge in [-0.25, -0.2) is 0 Å². The molecule has 1 aliphatic rings. The highest BCUT2D eigenvalue weighted by molar-refractivity contribution is 14.0. The average Bonchev–Trinajstić information content (AvgIpc) is 2.65. The van der Waals surface area contributed by atoms with Crippen molar-refractivity contribution in [2.45, 2.75) is 6.54 Å². The van der Waals surface area contributed by atoms with Gasteiger partial charge < -0.3 is 15.4 Å². The smallest absolute Gasteiger partial charge is 0.191 e. The van der Waals surface area contributed by atoms with Crippen molar-refractivity contribution in [3.05, 3.63) is 42.1 Å². The number of para-hydroxylation sites is 1. The molecule has 6 nitrogen and oxygen atoms in total. The Labute approximate surface area is 166 Å². The van der Waals surface area contributed by atoms with Gasteiger partial charge in [-0.3, -0.25) is 14.9 Å². The van der Waals surface area contributed by atoms with E-state index < -0.39 is 0 Å². The lowest BCUT2D eigenvalue weighted by molar-refractivity contribution is 0.0389. The van der Waals surface area contributed by atoms with Crippen LogP contribution in [0.4, 0.5) is 0 Å². The van der Waals surface area contributed by atoms with Crippen LogP contribution < -0.4 is 10.6 Å². The normalized spacial score (nSPS) is 15.6. The maximum Gasteiger partial charge on any atom is 0.191 e. The zero-order valence-corrected chi connectivity index (χ0v) is 16.9. The van der Waals surface area contributed by atoms with E-state index in [-0.39, 0.29) is 24.0 Å². The third-order valence-corrected chi connectivity index (χ3v) is 4.21. The molecule has 25 heavy (non-hydrogen) atoms. The molecule has 7 heteroatoms. The molecule has 0 unspecified atom stereocenters. The summed E-state index contributed by atoms with van der Waals surface area (Å²) in [5.41, 5.74) is 2.21. The van der Waals surface area contributed by atoms with E-state index in [4.69, 9.17) is 4.74 Å². The number of benzene rings is 1. The highest BCUT2D eigenvalue weighted by Gasteiger charge is 2.09. The van der Waals surface area contributed by atoms with Crippen molar-refractivity contribution in [2.75, 3.05) is 46.4 Å². The van der Waals surface area contributed by atoms with Crippen LogP contribution in [0, 0.1) is 0 Å². The van der Waals surface area contributed by atoms with Crippen LogP contribution in [0.1, 0.15) is 5.56 Å². The predicted molar refractivity (Wildman–Crippen MR) is 113 cm³/mol. The summed E-state index contributed by atoms with van der Waals surface area (Å²) in [6, 6.07) is 10.3. The van der Waals surface area contributed by atoms with Crippen LogP contribution in [-0.2, 0) is 11.3 Å². The summed E-state index contributed by atoms with van der Waals surface area (Å²) in [6.07, 6.45) is 1.83. The molecule has 1 aliphatic heterocycles. The molecule has 1 aromatic heterocycles. The molecule has 1 saturated heterocycles. The Balaban J connectivity index is 0.00000225. The van der Waals surface area contributed by atoms with E-state index in [0.717, 1.165) is 56.3 Å². The molecule has 0 amide bonds. The van der Waals surface area contributed by atoms with Gasteiger partial charge in [0.15, 0.2) is 5.96 Å². The van der Waals surface area contributed by atoms with Crippen molar-refractivity contribution in [3.8, 4) is 0 Å². The largest absolute Gasteiger partial charge is 0.379 e. The predicted octanol–water partition coefficient (Wildman–Crippen LogP) is 1.85. The van der Waals surface area contributed by atoms with Gasteiger partial charge in [0.1, 0.15) is 0 Å². The van der Waals surface area contributed by atoms with E-state index in [9.17, 15) is 0 Å². The Morgan fingerprint density at radius 2 is 2.00 bits per heavy atom. The summed E-state index contributed by atoms with van der Waals surface area (Å²) in [4.78, 5) is 11.2. The number of aromatic nitrogens is 1. The Bertz CT molecular complexity index is 683. The van der Waals surface area contributed by atoms with Gasteiger partial charge >= 0.3 is 0 Å². The molecule has 136 valence electrons. The van der Waals surface area contributed by atoms with E-state index in [1.54, 1.807) is 7.05 Å². The molecule has 0 bridgehead atoms. The molecule has 2 aromatic rings. The van der Waals surface area contributed by atoms with Gasteiger partial charge in [-0.2, -0.15) is 0 Å². The fourth-order valence-corrected chi connectivity index (χ4v) is 2.87. The summed E-state index contributed by atoms with van der Waals surface area (Å²) in [7, 11) is 1.80. The second kappa shape index (κ2) is 10.5. The first-order chi connectivity index (χ1) is 11.9. The first-order valence-electron chi connectivity index (χ1n) is 8.44. The number of morpholine rings is 1. The van der Waals surface area contributed by atoms with Crippen LogP contribution >= 0.6 is 24.0 Å². The monoisotopic (exact) mass is 455 g/mol. The van der Waals surface area contributed by atoms with Crippen LogP contribution in [0.25, 0.3) is 10.9 Å². The number of halogens is 1. The van der Waals surface area contributed by atoms with Gasteiger partial charge in [0.2, 0.25) is 0 Å². The number of hydrogen-bond acceptors (Lipinski definition) is 4. The molecule has 0 saturated carbocycles. The van der Waals surface area contributed by atoms with Gasteiger partial charge in [-0.1, -0.05) is 24.3 Å². The molecule has 1 aromatic carbocycles. The lowest BCUT2D eigenvalue weighted by atomic mass is 10.1. The lowest BCUT2D eigenvalue weighted by Gasteiger charge is -2.26. The molecule has 0 atom stereocenters. The number of nitrogens with one attached hydrogen (secondary N) is 2. The lowest BCUT2D eigenvalue weighted by Crippen LogP contribution is -2.44. The van der Waals surface area contributed by atoms with Crippen molar-refractivity contribution < 1.29 is 4.74 Å². The Kier molecular flexibility index (Phi) is 8.36. The van der Waals surface area contributed by atoms with Crippen LogP contribution in [0.5, 0.6) is 0 Å². The summed E-state index contributed by atoms with van der Waals surface area (Å²) in [5, 5.41) is 7.90. The molecule has 2 heterocycles. The highest BCUT2D eigenvalue weighted by Crippen LogP contribution is 2.15. The summed E-state index contributed by atoms with van der Waals surface area (Å²) in [6.45, 7) is 6.26. The zero-order chi connectivity index (χ0) is 16.6. The van der Waals surface area contributed by atoms with Gasteiger partial charge in [0.05, 0.1) is 18.7 Å². The highest BCUT2D eigenvalue weighted by atomic mass is 127. The van der Waals surface area contributed by atoms with Crippen LogP contribution in [0.2, 0.25) is 0 Å². The third-order valence-electron chi connectivity index (χ3n) is 4.21. The standard InChI is InChI=1S/C18H25N5O.HI/c1-19-18(21-8-9-23-10-12-24-13-11-23)22-14-16-5-2-4-15-6-3-7-20-17(15)16;/h2-7H,8-14H2,1H3,(H2,19,21,22);1H. The fourth-order valence-electron chi connectivity index (χ4n) is 2.87. The van der Waals surface area contributed by atoms with Gasteiger partial charge in [0, 0.05) is 51.4 Å². The Morgan fingerprint density at radius 1 is 1.20 bits per heavy atom. The van der Waals surface area contributed by atoms with Crippen molar-refractivity contribution in [1.82, 2.24) is 20.5 Å². The molecule has 0 aliphatic carbocycles. The topological polar surface area (TPSA) is 61.8 Å². The molecule has 3 rings (SSSR count). The third kappa shape index (κ3) is 5.79. The van der Waals surface area contributed by atoms with E-state index in [1.165, 1.54) is 5.56 Å². The van der Waals surface area contributed by atoms with Crippen molar-refractivity contribution >= 4 is 40.8 Å². The minimum absolute atomic E-state index is 0. The minimum Gasteiger partial charge on any atom is -0.379 e. The number of guanidine groups is 1. The Hall–Kier alpha value is -1.45. The quantitative estimate of drug-likeness (QED) is 0.410. The molecule has 0 spiro atoms. The first kappa shape index (κ1) is 19.9. The van der Waals surface area contributed by atoms with Crippen molar-refractivity contribution in [2.24, 2.45) is 4.99 Å². The Morgan fingerprint density at radius 3 is 2.80 bits per heavy atom. The average molecular weight is 455 g/mol. The summed E-state index contributed by atoms with van der Waals surface area (Å²) < 4.78 is 5.37. The number of aliphatic imine (C=N–C) groups is 1. The zero-order valence-electron chi connectivity index (χ0n) is 14.6. The minimum atomic E-state index is 0. The van der Waals surface area contributed by atoms with Gasteiger partial charge in [-0.05, 0) is 11.6 Å². The SMILES string of the molecule is CN=C(NCCN1CCOCC1)NCc1cccc2cccnc12.I. The molecule has 2 N–H and O–H groups in total. The summed E-state index contributed by atoms with van der Waals surface area (Å²) >= 11 is 0. The van der Waals surface area contributed by atoms with E-state index in [0.29, 0.717) is 6.54 Å². The molecular formula is C18H26IN5O. The number of fused-ring (bicyclic) bond motifs is 1. The number of ether oxygens (including phenoxy) is 1. The van der Waals surface area contributed by atoms with E-state index in [1.807, 2.05) is 12.3 Å². The van der Waals surface area contributed by atoms with Gasteiger partial charge in [-0.15, -0.1) is 24.0 Å². The second-order valence-electron chi connectivity index (χ2n) is 5.80. The van der Waals surface area contributed by atoms with E-state index in [2.05, 4.69) is 49.8 Å². The number of rotatable bonds is 5. The molecule has 1 fully saturated rings. The maximum atomic E-state index is 5.37. The summed E-state index contributed by atoms with van der Waals surface area (Å²) in [5.74, 6) is 0.816. The van der Waals surface area contributed by atoms with E-state index >= 15 is 0 Å². The molecule has 0 radical (unpaired) electrons.